The van der Waals surface area contributed by atoms with Crippen molar-refractivity contribution in [1.82, 2.24) is 19.1 Å². The Morgan fingerprint density at radius 1 is 0.792 bits per heavy atom. The standard InChI is InChI=1S/C16H22N4O4/c21-15(3-7-19-9-5-17-13-19)23-11-1-2-12-24-16(22)4-8-20-10-6-18-14-20/h5-6,9-10,13-14H,1-4,7-8,11-12H2. The minimum Gasteiger partial charge on any atom is -0.466 e. The van der Waals surface area contributed by atoms with E-state index in [0.29, 0.717) is 52.0 Å². The van der Waals surface area contributed by atoms with E-state index < -0.39 is 0 Å². The molecule has 24 heavy (non-hydrogen) atoms. The summed E-state index contributed by atoms with van der Waals surface area (Å²) in [5.41, 5.74) is 0. The highest BCUT2D eigenvalue weighted by molar-refractivity contribution is 5.69. The number of carbonyl (C=O) groups excluding carboxylic acids is 2. The molecule has 0 bridgehead atoms. The molecule has 0 spiro atoms. The summed E-state index contributed by atoms with van der Waals surface area (Å²) in [4.78, 5) is 30.9. The minimum atomic E-state index is -0.235. The van der Waals surface area contributed by atoms with Crippen LogP contribution in [0.4, 0.5) is 0 Å². The molecule has 0 saturated carbocycles. The zero-order valence-electron chi connectivity index (χ0n) is 13.5. The Labute approximate surface area is 140 Å². The highest BCUT2D eigenvalue weighted by Crippen LogP contribution is 1.98. The molecule has 0 aliphatic carbocycles. The number of esters is 2. The van der Waals surface area contributed by atoms with Crippen molar-refractivity contribution in [2.24, 2.45) is 0 Å². The van der Waals surface area contributed by atoms with E-state index in [4.69, 9.17) is 9.47 Å². The van der Waals surface area contributed by atoms with Crippen LogP contribution in [0.2, 0.25) is 0 Å². The zero-order chi connectivity index (χ0) is 17.0. The number of hydrogen-bond donors (Lipinski definition) is 0. The number of hydrogen-bond acceptors (Lipinski definition) is 6. The van der Waals surface area contributed by atoms with Gasteiger partial charge in [0, 0.05) is 37.9 Å². The molecule has 2 rings (SSSR count). The molecule has 0 N–H and O–H groups in total. The number of imidazole rings is 2. The van der Waals surface area contributed by atoms with Gasteiger partial charge in [0.05, 0.1) is 38.7 Å². The van der Waals surface area contributed by atoms with Gasteiger partial charge in [-0.1, -0.05) is 0 Å². The summed E-state index contributed by atoms with van der Waals surface area (Å²) >= 11 is 0. The van der Waals surface area contributed by atoms with Gasteiger partial charge in [-0.05, 0) is 12.8 Å². The fraction of sp³-hybridized carbons (Fsp3) is 0.500. The van der Waals surface area contributed by atoms with E-state index in [1.807, 2.05) is 9.13 Å². The molecular formula is C16H22N4O4. The number of aromatic nitrogens is 4. The number of rotatable bonds is 11. The van der Waals surface area contributed by atoms with Gasteiger partial charge >= 0.3 is 11.9 Å². The van der Waals surface area contributed by atoms with Crippen LogP contribution in [-0.4, -0.2) is 44.3 Å². The van der Waals surface area contributed by atoms with Gasteiger partial charge in [0.1, 0.15) is 0 Å². The van der Waals surface area contributed by atoms with Crippen molar-refractivity contribution < 1.29 is 19.1 Å². The van der Waals surface area contributed by atoms with E-state index in [0.717, 1.165) is 0 Å². The van der Waals surface area contributed by atoms with Gasteiger partial charge in [-0.3, -0.25) is 9.59 Å². The second kappa shape index (κ2) is 10.2. The first-order valence-electron chi connectivity index (χ1n) is 7.97. The Balaban J connectivity index is 1.42. The summed E-state index contributed by atoms with van der Waals surface area (Å²) in [6, 6.07) is 0. The Morgan fingerprint density at radius 2 is 1.25 bits per heavy atom. The Kier molecular flexibility index (Phi) is 7.52. The minimum absolute atomic E-state index is 0.235. The fourth-order valence-electron chi connectivity index (χ4n) is 2.00. The van der Waals surface area contributed by atoms with E-state index >= 15 is 0 Å². The Bertz CT molecular complexity index is 541. The molecule has 0 unspecified atom stereocenters. The molecule has 0 amide bonds. The zero-order valence-corrected chi connectivity index (χ0v) is 13.5. The van der Waals surface area contributed by atoms with Crippen LogP contribution in [-0.2, 0) is 32.2 Å². The topological polar surface area (TPSA) is 88.2 Å². The molecule has 2 aromatic heterocycles. The van der Waals surface area contributed by atoms with Crippen LogP contribution in [0.1, 0.15) is 25.7 Å². The first-order valence-corrected chi connectivity index (χ1v) is 7.97. The first kappa shape index (κ1) is 17.7. The number of unbranched alkanes of at least 4 members (excludes halogenated alkanes) is 1. The third-order valence-electron chi connectivity index (χ3n) is 3.33. The number of ether oxygens (including phenoxy) is 2. The van der Waals surface area contributed by atoms with Crippen molar-refractivity contribution >= 4 is 11.9 Å². The number of carbonyl (C=O) groups is 2. The molecule has 2 heterocycles. The van der Waals surface area contributed by atoms with E-state index in [9.17, 15) is 9.59 Å². The average Bonchev–Trinajstić information content (AvgIpc) is 3.27. The van der Waals surface area contributed by atoms with Gasteiger partial charge in [-0.15, -0.1) is 0 Å². The molecule has 2 aromatic rings. The molecule has 0 fully saturated rings. The monoisotopic (exact) mass is 334 g/mol. The molecular weight excluding hydrogens is 312 g/mol. The molecule has 0 aliphatic rings. The van der Waals surface area contributed by atoms with Crippen LogP contribution in [0.3, 0.4) is 0 Å². The third kappa shape index (κ3) is 7.08. The van der Waals surface area contributed by atoms with Crippen molar-refractivity contribution in [3.05, 3.63) is 37.4 Å². The van der Waals surface area contributed by atoms with Crippen LogP contribution >= 0.6 is 0 Å². The molecule has 0 atom stereocenters. The SMILES string of the molecule is O=C(CCn1ccnc1)OCCCCOC(=O)CCn1ccnc1. The summed E-state index contributed by atoms with van der Waals surface area (Å²) in [6.45, 7) is 1.81. The van der Waals surface area contributed by atoms with Gasteiger partial charge in [0.2, 0.25) is 0 Å². The maximum absolute atomic E-state index is 11.5. The molecule has 0 radical (unpaired) electrons. The molecule has 8 heteroatoms. The lowest BCUT2D eigenvalue weighted by molar-refractivity contribution is -0.146. The average molecular weight is 334 g/mol. The summed E-state index contributed by atoms with van der Waals surface area (Å²) < 4.78 is 13.9. The van der Waals surface area contributed by atoms with Gasteiger partial charge in [-0.25, -0.2) is 9.97 Å². The van der Waals surface area contributed by atoms with Gasteiger partial charge in [0.25, 0.3) is 0 Å². The van der Waals surface area contributed by atoms with Crippen LogP contribution in [0.25, 0.3) is 0 Å². The van der Waals surface area contributed by atoms with Crippen molar-refractivity contribution in [2.45, 2.75) is 38.8 Å². The lowest BCUT2D eigenvalue weighted by Gasteiger charge is -2.07. The molecule has 8 nitrogen and oxygen atoms in total. The Hall–Kier alpha value is -2.64. The van der Waals surface area contributed by atoms with Crippen LogP contribution < -0.4 is 0 Å². The lowest BCUT2D eigenvalue weighted by Crippen LogP contribution is -2.11. The summed E-state index contributed by atoms with van der Waals surface area (Å²) in [5, 5.41) is 0. The first-order chi connectivity index (χ1) is 11.7. The fourth-order valence-corrected chi connectivity index (χ4v) is 2.00. The largest absolute Gasteiger partial charge is 0.466 e. The van der Waals surface area contributed by atoms with E-state index in [2.05, 4.69) is 9.97 Å². The van der Waals surface area contributed by atoms with Crippen molar-refractivity contribution in [2.75, 3.05) is 13.2 Å². The van der Waals surface area contributed by atoms with Crippen molar-refractivity contribution in [3.8, 4) is 0 Å². The quantitative estimate of drug-likeness (QED) is 0.456. The van der Waals surface area contributed by atoms with Crippen molar-refractivity contribution in [3.63, 3.8) is 0 Å². The molecule has 0 aromatic carbocycles. The van der Waals surface area contributed by atoms with Crippen LogP contribution in [0.5, 0.6) is 0 Å². The summed E-state index contributed by atoms with van der Waals surface area (Å²) in [6.07, 6.45) is 12.2. The van der Waals surface area contributed by atoms with Crippen LogP contribution in [0, 0.1) is 0 Å². The smallest absolute Gasteiger partial charge is 0.307 e. The van der Waals surface area contributed by atoms with E-state index in [1.54, 1.807) is 37.4 Å². The lowest BCUT2D eigenvalue weighted by atomic mass is 10.3. The maximum Gasteiger partial charge on any atom is 0.307 e. The highest BCUT2D eigenvalue weighted by atomic mass is 16.5. The molecule has 130 valence electrons. The van der Waals surface area contributed by atoms with Crippen LogP contribution in [0.15, 0.2) is 37.4 Å². The van der Waals surface area contributed by atoms with E-state index in [1.165, 1.54) is 0 Å². The summed E-state index contributed by atoms with van der Waals surface area (Å²) in [7, 11) is 0. The number of nitrogens with zero attached hydrogens (tertiary/aromatic N) is 4. The molecule has 0 aliphatic heterocycles. The maximum atomic E-state index is 11.5. The third-order valence-corrected chi connectivity index (χ3v) is 3.33. The van der Waals surface area contributed by atoms with Gasteiger partial charge in [-0.2, -0.15) is 0 Å². The normalized spacial score (nSPS) is 10.5. The van der Waals surface area contributed by atoms with Gasteiger partial charge in [0.15, 0.2) is 0 Å². The second-order valence-electron chi connectivity index (χ2n) is 5.25. The van der Waals surface area contributed by atoms with E-state index in [-0.39, 0.29) is 11.9 Å². The molecule has 0 saturated heterocycles. The van der Waals surface area contributed by atoms with Crippen molar-refractivity contribution in [1.29, 1.82) is 0 Å². The summed E-state index contributed by atoms with van der Waals surface area (Å²) in [5.74, 6) is -0.470. The second-order valence-corrected chi connectivity index (χ2v) is 5.25. The highest BCUT2D eigenvalue weighted by Gasteiger charge is 2.05. The predicted molar refractivity (Wildman–Crippen MR) is 84.8 cm³/mol. The Morgan fingerprint density at radius 3 is 1.62 bits per heavy atom. The van der Waals surface area contributed by atoms with Gasteiger partial charge < -0.3 is 18.6 Å². The predicted octanol–water partition coefficient (Wildman–Crippen LogP) is 1.43. The number of aryl methyl sites for hydroxylation is 2.